The first-order valence-corrected chi connectivity index (χ1v) is 10.6. The highest BCUT2D eigenvalue weighted by atomic mass is 32.1. The van der Waals surface area contributed by atoms with Crippen LogP contribution in [0.1, 0.15) is 16.1 Å². The zero-order chi connectivity index (χ0) is 22.7. The van der Waals surface area contributed by atoms with E-state index in [2.05, 4.69) is 26.7 Å². The first-order chi connectivity index (χ1) is 15.4. The molecule has 1 atom stereocenters. The molecule has 1 aliphatic heterocycles. The Morgan fingerprint density at radius 3 is 2.66 bits per heavy atom. The van der Waals surface area contributed by atoms with E-state index >= 15 is 0 Å². The van der Waals surface area contributed by atoms with Gasteiger partial charge >= 0.3 is 5.97 Å². The van der Waals surface area contributed by atoms with Crippen LogP contribution in [-0.4, -0.2) is 28.6 Å². The fourth-order valence-corrected chi connectivity index (χ4v) is 3.93. The van der Waals surface area contributed by atoms with Crippen molar-refractivity contribution in [2.24, 2.45) is 0 Å². The van der Waals surface area contributed by atoms with Crippen molar-refractivity contribution in [3.8, 4) is 5.75 Å². The van der Waals surface area contributed by atoms with Crippen LogP contribution in [0.15, 0.2) is 54.6 Å². The molecule has 3 aromatic rings. The second-order valence-electron chi connectivity index (χ2n) is 7.10. The number of aryl methyl sites for hydroxylation is 2. The number of thiazole rings is 1. The lowest BCUT2D eigenvalue weighted by Gasteiger charge is -2.28. The number of aliphatic carboxylic acids is 1. The van der Waals surface area contributed by atoms with Gasteiger partial charge in [-0.1, -0.05) is 41.7 Å². The summed E-state index contributed by atoms with van der Waals surface area (Å²) in [5, 5.41) is 14.0. The lowest BCUT2D eigenvalue weighted by atomic mass is 9.99. The molecule has 0 aliphatic carbocycles. The number of ether oxygens (including phenoxy) is 1. The Morgan fingerprint density at radius 2 is 1.97 bits per heavy atom. The number of benzene rings is 2. The molecular weight excluding hydrogens is 432 g/mol. The molecule has 10 nitrogen and oxygen atoms in total. The number of amides is 1. The van der Waals surface area contributed by atoms with Crippen molar-refractivity contribution in [1.29, 1.82) is 0 Å². The lowest BCUT2D eigenvalue weighted by Crippen LogP contribution is -2.57. The van der Waals surface area contributed by atoms with E-state index < -0.39 is 18.2 Å². The van der Waals surface area contributed by atoms with Crippen molar-refractivity contribution in [2.75, 3.05) is 17.0 Å². The van der Waals surface area contributed by atoms with Crippen LogP contribution >= 0.6 is 11.3 Å². The van der Waals surface area contributed by atoms with Crippen molar-refractivity contribution >= 4 is 34.0 Å². The zero-order valence-electron chi connectivity index (χ0n) is 17.4. The molecule has 1 fully saturated rings. The smallest absolute Gasteiger partial charge is 0.341 e. The summed E-state index contributed by atoms with van der Waals surface area (Å²) >= 11 is 1.47. The van der Waals surface area contributed by atoms with Gasteiger partial charge in [0.1, 0.15) is 5.75 Å². The molecule has 2 aromatic carbocycles. The first-order valence-electron chi connectivity index (χ1n) is 9.74. The number of hydrazine groups is 3. The summed E-state index contributed by atoms with van der Waals surface area (Å²) in [4.78, 5) is 30.0. The monoisotopic (exact) mass is 454 g/mol. The van der Waals surface area contributed by atoms with Crippen LogP contribution < -0.4 is 31.6 Å². The number of rotatable bonds is 7. The fraction of sp³-hybridized carbons (Fsp3) is 0.190. The molecule has 1 amide bonds. The largest absolute Gasteiger partial charge is 0.482 e. The number of nitrogens with zero attached hydrogens (tertiary/aromatic N) is 2. The SMILES string of the molecule is Cc1nc(N2NNC(C(=O)Nc3ccccc3)(c3cccc(OCC(=O)O)c3)N2)sc1C. The van der Waals surface area contributed by atoms with E-state index in [0.717, 1.165) is 10.6 Å². The Labute approximate surface area is 188 Å². The average molecular weight is 455 g/mol. The molecule has 1 aromatic heterocycles. The number of aromatic nitrogens is 1. The minimum atomic E-state index is -1.44. The Hall–Kier alpha value is -3.51. The van der Waals surface area contributed by atoms with E-state index in [1.54, 1.807) is 41.5 Å². The van der Waals surface area contributed by atoms with Crippen LogP contribution in [0.25, 0.3) is 0 Å². The first kappa shape index (κ1) is 21.7. The number of carbonyl (C=O) groups excluding carboxylic acids is 1. The molecular formula is C21H22N6O4S. The number of hydrogen-bond acceptors (Lipinski definition) is 9. The molecule has 0 bridgehead atoms. The predicted octanol–water partition coefficient (Wildman–Crippen LogP) is 2.05. The average Bonchev–Trinajstić information content (AvgIpc) is 3.38. The third kappa shape index (κ3) is 4.41. The molecule has 2 heterocycles. The van der Waals surface area contributed by atoms with Crippen molar-refractivity contribution in [1.82, 2.24) is 21.4 Å². The highest BCUT2D eigenvalue weighted by molar-refractivity contribution is 7.15. The number of carboxylic acids is 1. The van der Waals surface area contributed by atoms with E-state index in [0.29, 0.717) is 22.1 Å². The molecule has 0 radical (unpaired) electrons. The molecule has 1 saturated heterocycles. The molecule has 0 spiro atoms. The topological polar surface area (TPSA) is 128 Å². The Balaban J connectivity index is 1.68. The lowest BCUT2D eigenvalue weighted by molar-refractivity contribution is -0.139. The Bertz CT molecular complexity index is 1120. The van der Waals surface area contributed by atoms with Gasteiger partial charge in [-0.3, -0.25) is 4.79 Å². The van der Waals surface area contributed by atoms with Crippen LogP contribution in [0.5, 0.6) is 5.75 Å². The van der Waals surface area contributed by atoms with E-state index in [-0.39, 0.29) is 5.91 Å². The minimum absolute atomic E-state index is 0.319. The van der Waals surface area contributed by atoms with E-state index in [1.165, 1.54) is 11.3 Å². The van der Waals surface area contributed by atoms with Gasteiger partial charge < -0.3 is 15.2 Å². The van der Waals surface area contributed by atoms with Gasteiger partial charge in [0.15, 0.2) is 6.61 Å². The van der Waals surface area contributed by atoms with Gasteiger partial charge in [0.2, 0.25) is 10.8 Å². The highest BCUT2D eigenvalue weighted by Gasteiger charge is 2.47. The molecule has 11 heteroatoms. The number of carboxylic acid groups (broad SMARTS) is 1. The van der Waals surface area contributed by atoms with Crippen LogP contribution in [0.4, 0.5) is 10.8 Å². The molecule has 1 unspecified atom stereocenters. The van der Waals surface area contributed by atoms with Gasteiger partial charge in [-0.05, 0) is 38.1 Å². The number of nitrogens with one attached hydrogen (secondary N) is 4. The van der Waals surface area contributed by atoms with Crippen LogP contribution in [-0.2, 0) is 15.3 Å². The maximum absolute atomic E-state index is 13.5. The van der Waals surface area contributed by atoms with Crippen molar-refractivity contribution in [2.45, 2.75) is 19.5 Å². The quantitative estimate of drug-likeness (QED) is 0.364. The maximum atomic E-state index is 13.5. The second-order valence-corrected chi connectivity index (χ2v) is 8.28. The Morgan fingerprint density at radius 1 is 1.19 bits per heavy atom. The number of anilines is 2. The van der Waals surface area contributed by atoms with Crippen molar-refractivity contribution < 1.29 is 19.4 Å². The van der Waals surface area contributed by atoms with Gasteiger partial charge in [-0.15, -0.1) is 5.53 Å². The van der Waals surface area contributed by atoms with Gasteiger partial charge in [0.05, 0.1) is 5.69 Å². The normalized spacial score (nSPS) is 17.9. The molecule has 1 aliphatic rings. The van der Waals surface area contributed by atoms with E-state index in [1.807, 2.05) is 32.0 Å². The maximum Gasteiger partial charge on any atom is 0.341 e. The summed E-state index contributed by atoms with van der Waals surface area (Å²) in [7, 11) is 0. The number of carbonyl (C=O) groups is 2. The van der Waals surface area contributed by atoms with Crippen molar-refractivity contribution in [3.63, 3.8) is 0 Å². The van der Waals surface area contributed by atoms with Gasteiger partial charge in [-0.2, -0.15) is 10.5 Å². The molecule has 5 N–H and O–H groups in total. The number of hydrogen-bond donors (Lipinski definition) is 5. The second kappa shape index (κ2) is 8.93. The van der Waals surface area contributed by atoms with Crippen LogP contribution in [0.3, 0.4) is 0 Å². The van der Waals surface area contributed by atoms with Gasteiger partial charge in [0.25, 0.3) is 5.91 Å². The van der Waals surface area contributed by atoms with E-state index in [9.17, 15) is 9.59 Å². The van der Waals surface area contributed by atoms with Gasteiger partial charge in [0, 0.05) is 16.1 Å². The molecule has 32 heavy (non-hydrogen) atoms. The summed E-state index contributed by atoms with van der Waals surface area (Å²) in [6, 6.07) is 15.7. The summed E-state index contributed by atoms with van der Waals surface area (Å²) < 4.78 is 5.31. The molecule has 0 saturated carbocycles. The third-order valence-corrected chi connectivity index (χ3v) is 5.90. The standard InChI is InChI=1S/C21H22N6O4S/c1-13-14(2)32-20(22-13)27-25-21(24-26-27,19(30)23-16-8-4-3-5-9-16)15-7-6-10-17(11-15)31-12-18(28)29/h3-11,24-26H,12H2,1-2H3,(H,23,30)(H,28,29). The van der Waals surface area contributed by atoms with Crippen LogP contribution in [0.2, 0.25) is 0 Å². The third-order valence-electron chi connectivity index (χ3n) is 4.84. The summed E-state index contributed by atoms with van der Waals surface area (Å²) in [5.74, 6) is -1.16. The van der Waals surface area contributed by atoms with E-state index in [4.69, 9.17) is 9.84 Å². The highest BCUT2D eigenvalue weighted by Crippen LogP contribution is 2.30. The van der Waals surface area contributed by atoms with Gasteiger partial charge in [-0.25, -0.2) is 15.2 Å². The van der Waals surface area contributed by atoms with Crippen LogP contribution in [0, 0.1) is 13.8 Å². The molecule has 166 valence electrons. The molecule has 4 rings (SSSR count). The zero-order valence-corrected chi connectivity index (χ0v) is 18.2. The predicted molar refractivity (Wildman–Crippen MR) is 120 cm³/mol. The summed E-state index contributed by atoms with van der Waals surface area (Å²) in [6.45, 7) is 3.39. The minimum Gasteiger partial charge on any atom is -0.482 e. The summed E-state index contributed by atoms with van der Waals surface area (Å²) in [5.41, 5.74) is 9.74. The fourth-order valence-electron chi connectivity index (χ4n) is 3.10. The summed E-state index contributed by atoms with van der Waals surface area (Å²) in [6.07, 6.45) is 0. The van der Waals surface area contributed by atoms with Crippen molar-refractivity contribution in [3.05, 3.63) is 70.7 Å². The Kier molecular flexibility index (Phi) is 6.06. The number of para-hydroxylation sites is 1.